The van der Waals surface area contributed by atoms with Crippen molar-refractivity contribution in [3.63, 3.8) is 0 Å². The fourth-order valence-electron chi connectivity index (χ4n) is 2.77. The Morgan fingerprint density at radius 2 is 1.91 bits per heavy atom. The van der Waals surface area contributed by atoms with Crippen LogP contribution in [0, 0.1) is 0 Å². The molecule has 22 heavy (non-hydrogen) atoms. The SMILES string of the molecule is CC(CC(=O)NC1CCCCC1O)NC(=O)c1ccccc1. The summed E-state index contributed by atoms with van der Waals surface area (Å²) in [6.45, 7) is 1.80. The molecular weight excluding hydrogens is 280 g/mol. The predicted octanol–water partition coefficient (Wildman–Crippen LogP) is 1.61. The molecule has 2 rings (SSSR count). The summed E-state index contributed by atoms with van der Waals surface area (Å²) < 4.78 is 0. The third-order valence-electron chi connectivity index (χ3n) is 3.98. The number of carbonyl (C=O) groups excluding carboxylic acids is 2. The third kappa shape index (κ3) is 4.84. The van der Waals surface area contributed by atoms with E-state index in [4.69, 9.17) is 0 Å². The van der Waals surface area contributed by atoms with Gasteiger partial charge in [0.15, 0.2) is 0 Å². The van der Waals surface area contributed by atoms with E-state index in [1.807, 2.05) is 6.07 Å². The summed E-state index contributed by atoms with van der Waals surface area (Å²) in [6.07, 6.45) is 3.36. The van der Waals surface area contributed by atoms with Crippen LogP contribution in [0.1, 0.15) is 49.4 Å². The van der Waals surface area contributed by atoms with Crippen LogP contribution < -0.4 is 10.6 Å². The Labute approximate surface area is 131 Å². The normalized spacial score (nSPS) is 22.6. The van der Waals surface area contributed by atoms with Gasteiger partial charge in [-0.15, -0.1) is 0 Å². The van der Waals surface area contributed by atoms with Gasteiger partial charge in [0.2, 0.25) is 5.91 Å². The molecule has 3 atom stereocenters. The maximum absolute atomic E-state index is 12.0. The van der Waals surface area contributed by atoms with E-state index in [2.05, 4.69) is 10.6 Å². The van der Waals surface area contributed by atoms with Crippen molar-refractivity contribution in [2.45, 2.75) is 57.2 Å². The Balaban J connectivity index is 1.77. The second kappa shape index (κ2) is 7.94. The van der Waals surface area contributed by atoms with Gasteiger partial charge in [-0.25, -0.2) is 0 Å². The van der Waals surface area contributed by atoms with Crippen LogP contribution in [-0.2, 0) is 4.79 Å². The van der Waals surface area contributed by atoms with Crippen LogP contribution in [0.25, 0.3) is 0 Å². The van der Waals surface area contributed by atoms with E-state index in [9.17, 15) is 14.7 Å². The molecule has 5 heteroatoms. The van der Waals surface area contributed by atoms with Crippen molar-refractivity contribution < 1.29 is 14.7 Å². The molecule has 0 aliphatic heterocycles. The van der Waals surface area contributed by atoms with Crippen molar-refractivity contribution in [3.8, 4) is 0 Å². The highest BCUT2D eigenvalue weighted by molar-refractivity contribution is 5.94. The van der Waals surface area contributed by atoms with Gasteiger partial charge in [0, 0.05) is 18.0 Å². The van der Waals surface area contributed by atoms with Crippen LogP contribution in [0.3, 0.4) is 0 Å². The van der Waals surface area contributed by atoms with Crippen LogP contribution in [0.2, 0.25) is 0 Å². The van der Waals surface area contributed by atoms with Gasteiger partial charge in [-0.1, -0.05) is 31.0 Å². The molecule has 0 radical (unpaired) electrons. The van der Waals surface area contributed by atoms with E-state index in [-0.39, 0.29) is 30.3 Å². The van der Waals surface area contributed by atoms with Crippen LogP contribution in [0.5, 0.6) is 0 Å². The topological polar surface area (TPSA) is 78.4 Å². The number of nitrogens with one attached hydrogen (secondary N) is 2. The molecule has 1 fully saturated rings. The summed E-state index contributed by atoms with van der Waals surface area (Å²) in [5, 5.41) is 15.5. The number of amides is 2. The number of aliphatic hydroxyl groups is 1. The van der Waals surface area contributed by atoms with Crippen molar-refractivity contribution in [3.05, 3.63) is 35.9 Å². The minimum atomic E-state index is -0.452. The molecule has 1 aromatic carbocycles. The van der Waals surface area contributed by atoms with E-state index in [1.54, 1.807) is 31.2 Å². The number of rotatable bonds is 5. The fourth-order valence-corrected chi connectivity index (χ4v) is 2.77. The third-order valence-corrected chi connectivity index (χ3v) is 3.98. The zero-order valence-electron chi connectivity index (χ0n) is 12.9. The highest BCUT2D eigenvalue weighted by Crippen LogP contribution is 2.18. The van der Waals surface area contributed by atoms with Gasteiger partial charge in [-0.3, -0.25) is 9.59 Å². The van der Waals surface area contributed by atoms with E-state index in [1.165, 1.54) is 0 Å². The lowest BCUT2D eigenvalue weighted by molar-refractivity contribution is -0.123. The first-order chi connectivity index (χ1) is 10.6. The fraction of sp³-hybridized carbons (Fsp3) is 0.529. The van der Waals surface area contributed by atoms with Crippen LogP contribution in [0.4, 0.5) is 0 Å². The summed E-state index contributed by atoms with van der Waals surface area (Å²) in [5.74, 6) is -0.314. The molecule has 1 aliphatic rings. The Bertz CT molecular complexity index is 504. The molecule has 0 bridgehead atoms. The smallest absolute Gasteiger partial charge is 0.251 e. The van der Waals surface area contributed by atoms with Gasteiger partial charge < -0.3 is 15.7 Å². The molecule has 120 valence electrons. The Morgan fingerprint density at radius 3 is 2.59 bits per heavy atom. The number of hydrogen-bond acceptors (Lipinski definition) is 3. The van der Waals surface area contributed by atoms with Crippen molar-refractivity contribution in [1.29, 1.82) is 0 Å². The first-order valence-corrected chi connectivity index (χ1v) is 7.89. The summed E-state index contributed by atoms with van der Waals surface area (Å²) in [4.78, 5) is 24.0. The molecule has 2 amide bonds. The van der Waals surface area contributed by atoms with Gasteiger partial charge in [0.25, 0.3) is 5.91 Å². The second-order valence-electron chi connectivity index (χ2n) is 5.97. The number of aliphatic hydroxyl groups excluding tert-OH is 1. The highest BCUT2D eigenvalue weighted by Gasteiger charge is 2.25. The molecule has 1 saturated carbocycles. The summed E-state index contributed by atoms with van der Waals surface area (Å²) in [5.41, 5.74) is 0.581. The molecular formula is C17H24N2O3. The molecule has 3 unspecified atom stereocenters. The quantitative estimate of drug-likeness (QED) is 0.773. The van der Waals surface area contributed by atoms with E-state index < -0.39 is 6.10 Å². The minimum absolute atomic E-state index is 0.133. The Hall–Kier alpha value is -1.88. The molecule has 0 spiro atoms. The lowest BCUT2D eigenvalue weighted by Gasteiger charge is -2.28. The summed E-state index contributed by atoms with van der Waals surface area (Å²) >= 11 is 0. The van der Waals surface area contributed by atoms with Crippen molar-refractivity contribution >= 4 is 11.8 Å². The van der Waals surface area contributed by atoms with Gasteiger partial charge >= 0.3 is 0 Å². The largest absolute Gasteiger partial charge is 0.391 e. The maximum atomic E-state index is 12.0. The van der Waals surface area contributed by atoms with Crippen LogP contribution in [0.15, 0.2) is 30.3 Å². The van der Waals surface area contributed by atoms with Crippen molar-refractivity contribution in [2.75, 3.05) is 0 Å². The van der Waals surface area contributed by atoms with Crippen molar-refractivity contribution in [1.82, 2.24) is 10.6 Å². The first-order valence-electron chi connectivity index (χ1n) is 7.89. The Morgan fingerprint density at radius 1 is 1.23 bits per heavy atom. The highest BCUT2D eigenvalue weighted by atomic mass is 16.3. The lowest BCUT2D eigenvalue weighted by atomic mass is 9.92. The van der Waals surface area contributed by atoms with Gasteiger partial charge in [0.05, 0.1) is 12.1 Å². The summed E-state index contributed by atoms with van der Waals surface area (Å²) in [6, 6.07) is 8.52. The molecule has 0 heterocycles. The minimum Gasteiger partial charge on any atom is -0.391 e. The summed E-state index contributed by atoms with van der Waals surface area (Å²) in [7, 11) is 0. The van der Waals surface area contributed by atoms with Crippen LogP contribution in [-0.4, -0.2) is 35.1 Å². The van der Waals surface area contributed by atoms with Crippen LogP contribution >= 0.6 is 0 Å². The standard InChI is InChI=1S/C17H24N2O3/c1-12(18-17(22)13-7-3-2-4-8-13)11-16(21)19-14-9-5-6-10-15(14)20/h2-4,7-8,12,14-15,20H,5-6,9-11H2,1H3,(H,18,22)(H,19,21). The molecule has 0 saturated heterocycles. The van der Waals surface area contributed by atoms with Gasteiger partial charge in [0.1, 0.15) is 0 Å². The second-order valence-corrected chi connectivity index (χ2v) is 5.97. The number of hydrogen-bond donors (Lipinski definition) is 3. The zero-order chi connectivity index (χ0) is 15.9. The number of benzene rings is 1. The maximum Gasteiger partial charge on any atom is 0.251 e. The Kier molecular flexibility index (Phi) is 5.95. The van der Waals surface area contributed by atoms with E-state index in [0.717, 1.165) is 25.7 Å². The molecule has 0 aromatic heterocycles. The zero-order valence-corrected chi connectivity index (χ0v) is 12.9. The molecule has 3 N–H and O–H groups in total. The first kappa shape index (κ1) is 16.5. The average Bonchev–Trinajstić information content (AvgIpc) is 2.50. The molecule has 1 aromatic rings. The lowest BCUT2D eigenvalue weighted by Crippen LogP contribution is -2.47. The van der Waals surface area contributed by atoms with Gasteiger partial charge in [-0.05, 0) is 31.9 Å². The monoisotopic (exact) mass is 304 g/mol. The van der Waals surface area contributed by atoms with Gasteiger partial charge in [-0.2, -0.15) is 0 Å². The molecule has 1 aliphatic carbocycles. The average molecular weight is 304 g/mol. The molecule has 5 nitrogen and oxygen atoms in total. The number of carbonyl (C=O) groups is 2. The predicted molar refractivity (Wildman–Crippen MR) is 84.4 cm³/mol. The van der Waals surface area contributed by atoms with E-state index in [0.29, 0.717) is 5.56 Å². The van der Waals surface area contributed by atoms with E-state index >= 15 is 0 Å². The van der Waals surface area contributed by atoms with Crippen molar-refractivity contribution in [2.24, 2.45) is 0 Å².